The van der Waals surface area contributed by atoms with Crippen LogP contribution in [0.5, 0.6) is 5.75 Å². The van der Waals surface area contributed by atoms with E-state index in [1.165, 1.54) is 0 Å². The summed E-state index contributed by atoms with van der Waals surface area (Å²) < 4.78 is 11.7. The maximum Gasteiger partial charge on any atom is 0.290 e. The molecule has 2 aromatic carbocycles. The first-order valence-corrected chi connectivity index (χ1v) is 10.2. The lowest BCUT2D eigenvalue weighted by atomic mass is 9.98. The molecular weight excluding hydrogens is 366 g/mol. The number of unbranched alkanes of at least 4 members (excludes halogenated alkanes) is 1. The van der Waals surface area contributed by atoms with E-state index in [1.807, 2.05) is 30.3 Å². The van der Waals surface area contributed by atoms with Crippen LogP contribution in [-0.4, -0.2) is 24.0 Å². The van der Waals surface area contributed by atoms with Crippen LogP contribution in [0.2, 0.25) is 0 Å². The van der Waals surface area contributed by atoms with Crippen molar-refractivity contribution in [1.82, 2.24) is 4.90 Å². The summed E-state index contributed by atoms with van der Waals surface area (Å²) in [6.07, 6.45) is 2.72. The Balaban J connectivity index is 1.88. The number of amides is 1. The number of nitrogens with zero attached hydrogens (tertiary/aromatic N) is 1. The molecule has 0 unspecified atom stereocenters. The topological polar surface area (TPSA) is 59.8 Å². The van der Waals surface area contributed by atoms with Gasteiger partial charge in [0, 0.05) is 6.54 Å². The molecular formula is C24H25NO4. The number of para-hydroxylation sites is 1. The smallest absolute Gasteiger partial charge is 0.290 e. The molecule has 1 aliphatic heterocycles. The van der Waals surface area contributed by atoms with E-state index in [1.54, 1.807) is 23.1 Å². The minimum atomic E-state index is -0.463. The van der Waals surface area contributed by atoms with Gasteiger partial charge in [0.25, 0.3) is 5.91 Å². The van der Waals surface area contributed by atoms with E-state index in [4.69, 9.17) is 9.15 Å². The van der Waals surface area contributed by atoms with Crippen molar-refractivity contribution in [3.05, 3.63) is 75.6 Å². The predicted octanol–water partition coefficient (Wildman–Crippen LogP) is 4.93. The first kappa shape index (κ1) is 19.2. The maximum atomic E-state index is 13.4. The lowest BCUT2D eigenvalue weighted by molar-refractivity contribution is 0.0725. The molecule has 0 saturated heterocycles. The van der Waals surface area contributed by atoms with Gasteiger partial charge in [-0.3, -0.25) is 9.59 Å². The average molecular weight is 391 g/mol. The van der Waals surface area contributed by atoms with E-state index >= 15 is 0 Å². The fourth-order valence-corrected chi connectivity index (χ4v) is 3.87. The van der Waals surface area contributed by atoms with Crippen LogP contribution >= 0.6 is 0 Å². The molecule has 1 atom stereocenters. The van der Waals surface area contributed by atoms with E-state index in [0.29, 0.717) is 29.7 Å². The minimum Gasteiger partial charge on any atom is -0.494 e. The van der Waals surface area contributed by atoms with Gasteiger partial charge in [0.05, 0.1) is 23.6 Å². The van der Waals surface area contributed by atoms with Gasteiger partial charge in [-0.2, -0.15) is 0 Å². The van der Waals surface area contributed by atoms with Crippen molar-refractivity contribution in [2.24, 2.45) is 0 Å². The lowest BCUT2D eigenvalue weighted by Gasteiger charge is -2.25. The number of carbonyl (C=O) groups excluding carboxylic acids is 1. The largest absolute Gasteiger partial charge is 0.494 e. The highest BCUT2D eigenvalue weighted by molar-refractivity contribution is 5.99. The SMILES string of the molecule is CCCCN1C(=O)c2oc3ccccc3c(=O)c2[C@@H]1c1cccc(OCCC)c1. The molecule has 0 N–H and O–H groups in total. The monoisotopic (exact) mass is 391 g/mol. The number of hydrogen-bond acceptors (Lipinski definition) is 4. The van der Waals surface area contributed by atoms with Crippen LogP contribution in [0, 0.1) is 0 Å². The average Bonchev–Trinajstić information content (AvgIpc) is 3.03. The molecule has 3 aromatic rings. The van der Waals surface area contributed by atoms with Crippen LogP contribution in [0.4, 0.5) is 0 Å². The van der Waals surface area contributed by atoms with Crippen LogP contribution in [-0.2, 0) is 0 Å². The highest BCUT2D eigenvalue weighted by atomic mass is 16.5. The Morgan fingerprint density at radius 3 is 2.66 bits per heavy atom. The summed E-state index contributed by atoms with van der Waals surface area (Å²) in [5, 5.41) is 0.500. The maximum absolute atomic E-state index is 13.4. The fourth-order valence-electron chi connectivity index (χ4n) is 3.87. The Morgan fingerprint density at radius 2 is 1.86 bits per heavy atom. The van der Waals surface area contributed by atoms with Gasteiger partial charge >= 0.3 is 0 Å². The molecule has 5 nitrogen and oxygen atoms in total. The van der Waals surface area contributed by atoms with Gasteiger partial charge < -0.3 is 14.1 Å². The van der Waals surface area contributed by atoms with Crippen LogP contribution in [0.15, 0.2) is 57.7 Å². The first-order chi connectivity index (χ1) is 14.2. The van der Waals surface area contributed by atoms with Gasteiger partial charge in [0.15, 0.2) is 5.43 Å². The zero-order valence-corrected chi connectivity index (χ0v) is 16.8. The van der Waals surface area contributed by atoms with Crippen LogP contribution in [0.1, 0.15) is 60.8 Å². The van der Waals surface area contributed by atoms with Crippen LogP contribution < -0.4 is 10.2 Å². The zero-order chi connectivity index (χ0) is 20.4. The van der Waals surface area contributed by atoms with Gasteiger partial charge in [-0.25, -0.2) is 0 Å². The van der Waals surface area contributed by atoms with Crippen LogP contribution in [0.25, 0.3) is 11.0 Å². The molecule has 0 saturated carbocycles. The summed E-state index contributed by atoms with van der Waals surface area (Å²) in [6, 6.07) is 14.3. The molecule has 29 heavy (non-hydrogen) atoms. The molecule has 1 aromatic heterocycles. The third-order valence-corrected chi connectivity index (χ3v) is 5.27. The van der Waals surface area contributed by atoms with Crippen molar-refractivity contribution < 1.29 is 13.9 Å². The third-order valence-electron chi connectivity index (χ3n) is 5.27. The van der Waals surface area contributed by atoms with E-state index in [0.717, 1.165) is 30.6 Å². The van der Waals surface area contributed by atoms with Crippen molar-refractivity contribution in [2.75, 3.05) is 13.2 Å². The highest BCUT2D eigenvalue weighted by Crippen LogP contribution is 2.39. The summed E-state index contributed by atoms with van der Waals surface area (Å²) in [6.45, 7) is 5.33. The second kappa shape index (κ2) is 8.11. The fraction of sp³-hybridized carbons (Fsp3) is 0.333. The molecule has 0 aliphatic carbocycles. The molecule has 1 aliphatic rings. The Hall–Kier alpha value is -3.08. The summed E-state index contributed by atoms with van der Waals surface area (Å²) >= 11 is 0. The molecule has 0 spiro atoms. The Kier molecular flexibility index (Phi) is 5.38. The highest BCUT2D eigenvalue weighted by Gasteiger charge is 2.42. The summed E-state index contributed by atoms with van der Waals surface area (Å²) in [4.78, 5) is 28.3. The molecule has 0 radical (unpaired) electrons. The zero-order valence-electron chi connectivity index (χ0n) is 16.8. The Bertz CT molecular complexity index is 1100. The normalized spacial score (nSPS) is 15.7. The van der Waals surface area contributed by atoms with Crippen molar-refractivity contribution in [3.63, 3.8) is 0 Å². The summed E-state index contributed by atoms with van der Waals surface area (Å²) in [5.41, 5.74) is 1.60. The summed E-state index contributed by atoms with van der Waals surface area (Å²) in [7, 11) is 0. The van der Waals surface area contributed by atoms with E-state index in [-0.39, 0.29) is 17.1 Å². The first-order valence-electron chi connectivity index (χ1n) is 10.2. The second-order valence-corrected chi connectivity index (χ2v) is 7.35. The van der Waals surface area contributed by atoms with Gasteiger partial charge in [0.2, 0.25) is 5.76 Å². The Labute approximate surface area is 169 Å². The van der Waals surface area contributed by atoms with Crippen molar-refractivity contribution in [1.29, 1.82) is 0 Å². The second-order valence-electron chi connectivity index (χ2n) is 7.35. The number of hydrogen-bond donors (Lipinski definition) is 0. The minimum absolute atomic E-state index is 0.140. The van der Waals surface area contributed by atoms with Gasteiger partial charge in [0.1, 0.15) is 11.3 Å². The molecule has 5 heteroatoms. The predicted molar refractivity (Wildman–Crippen MR) is 112 cm³/mol. The van der Waals surface area contributed by atoms with E-state index in [9.17, 15) is 9.59 Å². The molecule has 1 amide bonds. The van der Waals surface area contributed by atoms with Gasteiger partial charge in [-0.05, 0) is 42.7 Å². The molecule has 0 fully saturated rings. The number of ether oxygens (including phenoxy) is 1. The standard InChI is InChI=1S/C24H25NO4/c1-3-5-13-25-21(16-9-8-10-17(15-16)28-14-4-2)20-22(26)18-11-6-7-12-19(18)29-23(20)24(25)27/h6-12,15,21H,3-5,13-14H2,1-2H3/t21-/m0/s1. The molecule has 4 rings (SSSR count). The molecule has 2 heterocycles. The van der Waals surface area contributed by atoms with Gasteiger partial charge in [-0.15, -0.1) is 0 Å². The lowest BCUT2D eigenvalue weighted by Crippen LogP contribution is -2.30. The number of benzene rings is 2. The van der Waals surface area contributed by atoms with Crippen LogP contribution in [0.3, 0.4) is 0 Å². The van der Waals surface area contributed by atoms with Gasteiger partial charge in [-0.1, -0.05) is 44.5 Å². The van der Waals surface area contributed by atoms with Crippen molar-refractivity contribution >= 4 is 16.9 Å². The van der Waals surface area contributed by atoms with Crippen molar-refractivity contribution in [3.8, 4) is 5.75 Å². The third kappa shape index (κ3) is 3.41. The quantitative estimate of drug-likeness (QED) is 0.573. The Morgan fingerprint density at radius 1 is 1.03 bits per heavy atom. The van der Waals surface area contributed by atoms with E-state index in [2.05, 4.69) is 13.8 Å². The molecule has 0 bridgehead atoms. The number of carbonyl (C=O) groups is 1. The summed E-state index contributed by atoms with van der Waals surface area (Å²) in [5.74, 6) is 0.682. The van der Waals surface area contributed by atoms with E-state index < -0.39 is 6.04 Å². The molecule has 150 valence electrons. The number of rotatable bonds is 7. The number of fused-ring (bicyclic) bond motifs is 2. The van der Waals surface area contributed by atoms with Crippen molar-refractivity contribution in [2.45, 2.75) is 39.2 Å².